The molecule has 162 valence electrons. The molecule has 0 fully saturated rings. The van der Waals surface area contributed by atoms with Gasteiger partial charge in [-0.25, -0.2) is 4.79 Å². The highest BCUT2D eigenvalue weighted by Gasteiger charge is 2.14. The SMILES string of the molecule is CCCOc1cc(Br)c(C=C(C#N)C(=O)Nc2ccc(C(=O)OC)cc2)cc1OCC. The highest BCUT2D eigenvalue weighted by Crippen LogP contribution is 2.35. The molecule has 31 heavy (non-hydrogen) atoms. The Balaban J connectivity index is 2.27. The van der Waals surface area contributed by atoms with Crippen molar-refractivity contribution in [3.63, 3.8) is 0 Å². The molecule has 0 aliphatic heterocycles. The van der Waals surface area contributed by atoms with Gasteiger partial charge in [0.05, 0.1) is 25.9 Å². The van der Waals surface area contributed by atoms with Crippen LogP contribution < -0.4 is 14.8 Å². The van der Waals surface area contributed by atoms with Crippen LogP contribution in [-0.2, 0) is 9.53 Å². The van der Waals surface area contributed by atoms with E-state index in [-0.39, 0.29) is 5.57 Å². The van der Waals surface area contributed by atoms with Crippen LogP contribution in [0.4, 0.5) is 5.69 Å². The van der Waals surface area contributed by atoms with Gasteiger partial charge in [0.1, 0.15) is 11.6 Å². The van der Waals surface area contributed by atoms with E-state index in [1.54, 1.807) is 24.3 Å². The van der Waals surface area contributed by atoms with Crippen molar-refractivity contribution in [1.29, 1.82) is 5.26 Å². The molecular weight excluding hydrogens is 464 g/mol. The first kappa shape index (κ1) is 24.0. The molecule has 0 saturated carbocycles. The molecule has 0 aliphatic rings. The third kappa shape index (κ3) is 6.59. The Labute approximate surface area is 189 Å². The number of rotatable bonds is 9. The molecule has 2 aromatic carbocycles. The first-order valence-electron chi connectivity index (χ1n) is 9.64. The number of halogens is 1. The van der Waals surface area contributed by atoms with Crippen LogP contribution in [0.25, 0.3) is 6.08 Å². The van der Waals surface area contributed by atoms with Gasteiger partial charge in [-0.05, 0) is 61.4 Å². The van der Waals surface area contributed by atoms with Gasteiger partial charge in [0.2, 0.25) is 0 Å². The number of esters is 1. The number of nitrogens with zero attached hydrogens (tertiary/aromatic N) is 1. The van der Waals surface area contributed by atoms with Gasteiger partial charge in [0, 0.05) is 10.2 Å². The zero-order valence-corrected chi connectivity index (χ0v) is 19.1. The van der Waals surface area contributed by atoms with Crippen molar-refractivity contribution in [3.05, 3.63) is 57.6 Å². The number of carbonyl (C=O) groups is 2. The van der Waals surface area contributed by atoms with Gasteiger partial charge in [0.15, 0.2) is 11.5 Å². The van der Waals surface area contributed by atoms with E-state index in [2.05, 4.69) is 26.0 Å². The summed E-state index contributed by atoms with van der Waals surface area (Å²) in [6.07, 6.45) is 2.32. The monoisotopic (exact) mass is 486 g/mol. The highest BCUT2D eigenvalue weighted by atomic mass is 79.9. The summed E-state index contributed by atoms with van der Waals surface area (Å²) in [6, 6.07) is 11.6. The number of benzene rings is 2. The van der Waals surface area contributed by atoms with E-state index >= 15 is 0 Å². The molecule has 0 aromatic heterocycles. The number of nitrogens with one attached hydrogen (secondary N) is 1. The maximum atomic E-state index is 12.6. The number of anilines is 1. The Morgan fingerprint density at radius 3 is 2.39 bits per heavy atom. The Morgan fingerprint density at radius 2 is 1.81 bits per heavy atom. The van der Waals surface area contributed by atoms with E-state index in [9.17, 15) is 14.9 Å². The fourth-order valence-corrected chi connectivity index (χ4v) is 3.00. The van der Waals surface area contributed by atoms with Crippen LogP contribution in [0.5, 0.6) is 11.5 Å². The summed E-state index contributed by atoms with van der Waals surface area (Å²) in [6.45, 7) is 4.86. The Morgan fingerprint density at radius 1 is 1.13 bits per heavy atom. The van der Waals surface area contributed by atoms with E-state index in [4.69, 9.17) is 9.47 Å². The number of hydrogen-bond donors (Lipinski definition) is 1. The van der Waals surface area contributed by atoms with Crippen LogP contribution in [0.1, 0.15) is 36.2 Å². The molecule has 0 saturated heterocycles. The molecule has 0 atom stereocenters. The van der Waals surface area contributed by atoms with Crippen LogP contribution in [0.3, 0.4) is 0 Å². The number of nitriles is 1. The average molecular weight is 487 g/mol. The Hall–Kier alpha value is -3.31. The molecular formula is C23H23BrN2O5. The van der Waals surface area contributed by atoms with Crippen molar-refractivity contribution < 1.29 is 23.8 Å². The number of amides is 1. The molecule has 0 bridgehead atoms. The van der Waals surface area contributed by atoms with Crippen molar-refractivity contribution in [3.8, 4) is 17.6 Å². The first-order chi connectivity index (χ1) is 14.9. The quantitative estimate of drug-likeness (QED) is 0.305. The van der Waals surface area contributed by atoms with E-state index in [1.165, 1.54) is 25.3 Å². The normalized spacial score (nSPS) is 10.7. The van der Waals surface area contributed by atoms with Gasteiger partial charge < -0.3 is 19.5 Å². The summed E-state index contributed by atoms with van der Waals surface area (Å²) in [5.74, 6) is 0.0594. The zero-order chi connectivity index (χ0) is 22.8. The molecule has 1 amide bonds. The predicted octanol–water partition coefficient (Wildman–Crippen LogP) is 4.97. The van der Waals surface area contributed by atoms with Crippen LogP contribution in [-0.4, -0.2) is 32.2 Å². The predicted molar refractivity (Wildman–Crippen MR) is 121 cm³/mol. The Bertz CT molecular complexity index is 1010. The fraction of sp³-hybridized carbons (Fsp3) is 0.261. The van der Waals surface area contributed by atoms with Crippen molar-refractivity contribution in [2.24, 2.45) is 0 Å². The smallest absolute Gasteiger partial charge is 0.337 e. The molecule has 8 heteroatoms. The lowest BCUT2D eigenvalue weighted by Crippen LogP contribution is -2.13. The molecule has 2 aromatic rings. The van der Waals surface area contributed by atoms with Gasteiger partial charge in [-0.15, -0.1) is 0 Å². The third-order valence-corrected chi connectivity index (χ3v) is 4.74. The minimum Gasteiger partial charge on any atom is -0.490 e. The lowest BCUT2D eigenvalue weighted by Gasteiger charge is -2.13. The minimum atomic E-state index is -0.579. The summed E-state index contributed by atoms with van der Waals surface area (Å²) in [5, 5.41) is 12.2. The lowest BCUT2D eigenvalue weighted by molar-refractivity contribution is -0.112. The number of methoxy groups -OCH3 is 1. The first-order valence-corrected chi connectivity index (χ1v) is 10.4. The average Bonchev–Trinajstić information content (AvgIpc) is 2.78. The lowest BCUT2D eigenvalue weighted by atomic mass is 10.1. The second kappa shape index (κ2) is 11.8. The molecule has 0 spiro atoms. The summed E-state index contributed by atoms with van der Waals surface area (Å²) < 4.78 is 16.7. The van der Waals surface area contributed by atoms with Crippen molar-refractivity contribution in [2.75, 3.05) is 25.6 Å². The summed E-state index contributed by atoms with van der Waals surface area (Å²) in [5.41, 5.74) is 1.30. The van der Waals surface area contributed by atoms with Gasteiger partial charge in [-0.3, -0.25) is 4.79 Å². The molecule has 1 N–H and O–H groups in total. The maximum Gasteiger partial charge on any atom is 0.337 e. The largest absolute Gasteiger partial charge is 0.490 e. The van der Waals surface area contributed by atoms with Gasteiger partial charge in [-0.2, -0.15) is 5.26 Å². The van der Waals surface area contributed by atoms with Gasteiger partial charge in [-0.1, -0.05) is 22.9 Å². The van der Waals surface area contributed by atoms with Gasteiger partial charge in [0.25, 0.3) is 5.91 Å². The van der Waals surface area contributed by atoms with Crippen molar-refractivity contribution in [1.82, 2.24) is 0 Å². The van der Waals surface area contributed by atoms with E-state index in [1.807, 2.05) is 19.9 Å². The summed E-state index contributed by atoms with van der Waals surface area (Å²) in [4.78, 5) is 24.1. The molecule has 0 unspecified atom stereocenters. The number of carbonyl (C=O) groups excluding carboxylic acids is 2. The molecule has 0 radical (unpaired) electrons. The van der Waals surface area contributed by atoms with E-state index in [0.717, 1.165) is 6.42 Å². The molecule has 7 nitrogen and oxygen atoms in total. The number of ether oxygens (including phenoxy) is 3. The fourth-order valence-electron chi connectivity index (χ4n) is 2.56. The van der Waals surface area contributed by atoms with E-state index in [0.29, 0.717) is 46.0 Å². The molecule has 0 heterocycles. The van der Waals surface area contributed by atoms with Crippen LogP contribution in [0.15, 0.2) is 46.4 Å². The van der Waals surface area contributed by atoms with Crippen LogP contribution >= 0.6 is 15.9 Å². The van der Waals surface area contributed by atoms with Crippen molar-refractivity contribution >= 4 is 39.6 Å². The molecule has 2 rings (SSSR count). The molecule has 0 aliphatic carbocycles. The topological polar surface area (TPSA) is 97.7 Å². The third-order valence-electron chi connectivity index (χ3n) is 4.05. The zero-order valence-electron chi connectivity index (χ0n) is 17.5. The number of hydrogen-bond acceptors (Lipinski definition) is 6. The highest BCUT2D eigenvalue weighted by molar-refractivity contribution is 9.10. The van der Waals surface area contributed by atoms with Crippen LogP contribution in [0, 0.1) is 11.3 Å². The maximum absolute atomic E-state index is 12.6. The van der Waals surface area contributed by atoms with Crippen LogP contribution in [0.2, 0.25) is 0 Å². The standard InChI is InChI=1S/C23H23BrN2O5/c1-4-10-31-21-13-19(24)16(12-20(21)30-5-2)11-17(14-25)22(27)26-18-8-6-15(7-9-18)23(28)29-3/h6-9,11-13H,4-5,10H2,1-3H3,(H,26,27). The summed E-state index contributed by atoms with van der Waals surface area (Å²) in [7, 11) is 1.29. The second-order valence-electron chi connectivity index (χ2n) is 6.29. The van der Waals surface area contributed by atoms with E-state index < -0.39 is 11.9 Å². The second-order valence-corrected chi connectivity index (χ2v) is 7.15. The van der Waals surface area contributed by atoms with Crippen molar-refractivity contribution in [2.45, 2.75) is 20.3 Å². The van der Waals surface area contributed by atoms with Gasteiger partial charge >= 0.3 is 5.97 Å². The summed E-state index contributed by atoms with van der Waals surface area (Å²) >= 11 is 3.46. The Kier molecular flexibility index (Phi) is 9.10. The minimum absolute atomic E-state index is 0.0950.